The summed E-state index contributed by atoms with van der Waals surface area (Å²) < 4.78 is 1.71. The molecule has 0 aromatic carbocycles. The Morgan fingerprint density at radius 3 is 2.65 bits per heavy atom. The van der Waals surface area contributed by atoms with Crippen LogP contribution in [0.5, 0.6) is 0 Å². The van der Waals surface area contributed by atoms with Gasteiger partial charge in [0.25, 0.3) is 5.56 Å². The fraction of sp³-hybridized carbons (Fsp3) is 0.357. The molecule has 104 valence electrons. The number of anilines is 1. The van der Waals surface area contributed by atoms with Crippen molar-refractivity contribution in [3.05, 3.63) is 46.0 Å². The van der Waals surface area contributed by atoms with E-state index in [-0.39, 0.29) is 29.8 Å². The molecule has 0 spiro atoms. The van der Waals surface area contributed by atoms with Crippen molar-refractivity contribution in [3.63, 3.8) is 0 Å². The van der Waals surface area contributed by atoms with Gasteiger partial charge in [-0.2, -0.15) is 0 Å². The first-order valence-corrected chi connectivity index (χ1v) is 6.62. The van der Waals surface area contributed by atoms with E-state index in [1.54, 1.807) is 17.1 Å². The van der Waals surface area contributed by atoms with E-state index in [1.807, 2.05) is 26.0 Å². The Balaban J connectivity index is 2.18. The maximum Gasteiger partial charge on any atom is 0.270 e. The number of nitrogens with one attached hydrogen (secondary N) is 2. The lowest BCUT2D eigenvalue weighted by molar-refractivity contribution is -0.116. The third kappa shape index (κ3) is 1.93. The van der Waals surface area contributed by atoms with Crippen LogP contribution in [0.2, 0.25) is 0 Å². The summed E-state index contributed by atoms with van der Waals surface area (Å²) >= 11 is 0. The summed E-state index contributed by atoms with van der Waals surface area (Å²) in [4.78, 5) is 28.2. The highest BCUT2D eigenvalue weighted by Gasteiger charge is 2.32. The molecule has 1 aliphatic heterocycles. The highest BCUT2D eigenvalue weighted by Crippen LogP contribution is 2.35. The van der Waals surface area contributed by atoms with E-state index in [1.165, 1.54) is 0 Å². The first kappa shape index (κ1) is 12.7. The van der Waals surface area contributed by atoms with Gasteiger partial charge >= 0.3 is 0 Å². The first-order chi connectivity index (χ1) is 9.58. The molecule has 0 saturated carbocycles. The molecule has 3 heterocycles. The molecule has 3 rings (SSSR count). The SMILES string of the molecule is CC(C)n1[nH]c(=O)c2c1NC(=O)C[C@H]2c1ccncc1. The maximum absolute atomic E-state index is 12.2. The number of hydrogen-bond acceptors (Lipinski definition) is 3. The van der Waals surface area contributed by atoms with E-state index in [2.05, 4.69) is 15.4 Å². The van der Waals surface area contributed by atoms with Crippen molar-refractivity contribution < 1.29 is 4.79 Å². The van der Waals surface area contributed by atoms with E-state index < -0.39 is 0 Å². The molecule has 2 aromatic heterocycles. The van der Waals surface area contributed by atoms with Crippen LogP contribution >= 0.6 is 0 Å². The van der Waals surface area contributed by atoms with Crippen molar-refractivity contribution in [2.45, 2.75) is 32.2 Å². The lowest BCUT2D eigenvalue weighted by atomic mass is 9.88. The minimum atomic E-state index is -0.217. The lowest BCUT2D eigenvalue weighted by Gasteiger charge is -2.24. The number of aromatic nitrogens is 3. The average molecular weight is 272 g/mol. The molecule has 2 aromatic rings. The van der Waals surface area contributed by atoms with Crippen LogP contribution in [-0.2, 0) is 4.79 Å². The fourth-order valence-electron chi connectivity index (χ4n) is 2.65. The predicted molar refractivity (Wildman–Crippen MR) is 74.8 cm³/mol. The summed E-state index contributed by atoms with van der Waals surface area (Å²) in [5, 5.41) is 5.61. The summed E-state index contributed by atoms with van der Waals surface area (Å²) in [5.74, 6) is 0.293. The third-order valence-corrected chi connectivity index (χ3v) is 3.58. The Hall–Kier alpha value is -2.37. The monoisotopic (exact) mass is 272 g/mol. The van der Waals surface area contributed by atoms with Crippen LogP contribution in [-0.4, -0.2) is 20.7 Å². The molecule has 0 aliphatic carbocycles. The van der Waals surface area contributed by atoms with Gasteiger partial charge < -0.3 is 5.32 Å². The van der Waals surface area contributed by atoms with E-state index in [4.69, 9.17) is 0 Å². The average Bonchev–Trinajstić information content (AvgIpc) is 2.76. The summed E-state index contributed by atoms with van der Waals surface area (Å²) in [5.41, 5.74) is 1.42. The Kier molecular flexibility index (Phi) is 2.93. The second kappa shape index (κ2) is 4.63. The molecule has 0 bridgehead atoms. The predicted octanol–water partition coefficient (Wildman–Crippen LogP) is 1.63. The number of carbonyl (C=O) groups excluding carboxylic acids is 1. The largest absolute Gasteiger partial charge is 0.311 e. The number of hydrogen-bond donors (Lipinski definition) is 2. The number of carbonyl (C=O) groups is 1. The molecule has 2 N–H and O–H groups in total. The zero-order valence-corrected chi connectivity index (χ0v) is 11.4. The van der Waals surface area contributed by atoms with Crippen molar-refractivity contribution in [2.75, 3.05) is 5.32 Å². The van der Waals surface area contributed by atoms with Gasteiger partial charge in [0.1, 0.15) is 5.82 Å². The van der Waals surface area contributed by atoms with Gasteiger partial charge in [-0.25, -0.2) is 0 Å². The van der Waals surface area contributed by atoms with Crippen molar-refractivity contribution in [1.29, 1.82) is 0 Å². The Bertz CT molecular complexity index is 700. The lowest BCUT2D eigenvalue weighted by Crippen LogP contribution is -2.27. The van der Waals surface area contributed by atoms with Crippen molar-refractivity contribution in [1.82, 2.24) is 14.8 Å². The molecule has 0 radical (unpaired) electrons. The molecular formula is C14H16N4O2. The zero-order chi connectivity index (χ0) is 14.3. The van der Waals surface area contributed by atoms with Gasteiger partial charge in [0.05, 0.1) is 5.56 Å². The first-order valence-electron chi connectivity index (χ1n) is 6.62. The minimum Gasteiger partial charge on any atom is -0.311 e. The van der Waals surface area contributed by atoms with Crippen molar-refractivity contribution in [3.8, 4) is 0 Å². The summed E-state index contributed by atoms with van der Waals surface area (Å²) in [6, 6.07) is 3.77. The van der Waals surface area contributed by atoms with E-state index in [9.17, 15) is 9.59 Å². The van der Waals surface area contributed by atoms with Crippen LogP contribution in [0.15, 0.2) is 29.3 Å². The topological polar surface area (TPSA) is 79.8 Å². The van der Waals surface area contributed by atoms with Crippen LogP contribution in [0.4, 0.5) is 5.82 Å². The van der Waals surface area contributed by atoms with Crippen LogP contribution in [0.25, 0.3) is 0 Å². The summed E-state index contributed by atoms with van der Waals surface area (Å²) in [6.07, 6.45) is 3.63. The van der Waals surface area contributed by atoms with Crippen LogP contribution in [0, 0.1) is 0 Å². The Labute approximate surface area is 115 Å². The molecule has 0 fully saturated rings. The number of amides is 1. The number of pyridine rings is 1. The number of rotatable bonds is 2. The van der Waals surface area contributed by atoms with Gasteiger partial charge in [-0.05, 0) is 31.5 Å². The van der Waals surface area contributed by atoms with Gasteiger partial charge in [-0.3, -0.25) is 24.4 Å². The Morgan fingerprint density at radius 2 is 2.00 bits per heavy atom. The van der Waals surface area contributed by atoms with Gasteiger partial charge in [0, 0.05) is 30.8 Å². The molecule has 1 amide bonds. The molecule has 20 heavy (non-hydrogen) atoms. The number of fused-ring (bicyclic) bond motifs is 1. The fourth-order valence-corrected chi connectivity index (χ4v) is 2.65. The molecule has 6 heteroatoms. The van der Waals surface area contributed by atoms with Gasteiger partial charge in [-0.15, -0.1) is 0 Å². The van der Waals surface area contributed by atoms with E-state index in [0.717, 1.165) is 5.56 Å². The molecule has 1 atom stereocenters. The summed E-state index contributed by atoms with van der Waals surface area (Å²) in [6.45, 7) is 3.91. The Morgan fingerprint density at radius 1 is 1.30 bits per heavy atom. The van der Waals surface area contributed by atoms with E-state index >= 15 is 0 Å². The highest BCUT2D eigenvalue weighted by molar-refractivity contribution is 5.94. The van der Waals surface area contributed by atoms with Crippen LogP contribution in [0.3, 0.4) is 0 Å². The minimum absolute atomic E-state index is 0.0722. The number of nitrogens with zero attached hydrogens (tertiary/aromatic N) is 2. The molecular weight excluding hydrogens is 256 g/mol. The van der Waals surface area contributed by atoms with Gasteiger partial charge in [0.2, 0.25) is 5.91 Å². The number of aromatic amines is 1. The summed E-state index contributed by atoms with van der Waals surface area (Å²) in [7, 11) is 0. The van der Waals surface area contributed by atoms with Gasteiger partial charge in [-0.1, -0.05) is 0 Å². The van der Waals surface area contributed by atoms with Gasteiger partial charge in [0.15, 0.2) is 0 Å². The molecule has 1 aliphatic rings. The smallest absolute Gasteiger partial charge is 0.270 e. The zero-order valence-electron chi connectivity index (χ0n) is 11.4. The molecule has 0 unspecified atom stereocenters. The normalized spacial score (nSPS) is 17.9. The second-order valence-corrected chi connectivity index (χ2v) is 5.25. The standard InChI is InChI=1S/C14H16N4O2/c1-8(2)18-13-12(14(20)17-18)10(7-11(19)16-13)9-3-5-15-6-4-9/h3-6,8,10H,7H2,1-2H3,(H,16,19)(H,17,20)/t10-/m0/s1. The second-order valence-electron chi connectivity index (χ2n) is 5.25. The van der Waals surface area contributed by atoms with E-state index in [0.29, 0.717) is 11.4 Å². The quantitative estimate of drug-likeness (QED) is 0.872. The molecule has 6 nitrogen and oxygen atoms in total. The molecule has 0 saturated heterocycles. The van der Waals surface area contributed by atoms with Crippen molar-refractivity contribution >= 4 is 11.7 Å². The third-order valence-electron chi connectivity index (χ3n) is 3.58. The highest BCUT2D eigenvalue weighted by atomic mass is 16.2. The van der Waals surface area contributed by atoms with Crippen molar-refractivity contribution in [2.24, 2.45) is 0 Å². The number of H-pyrrole nitrogens is 1. The van der Waals surface area contributed by atoms with Crippen LogP contribution in [0.1, 0.15) is 43.4 Å². The van der Waals surface area contributed by atoms with Crippen LogP contribution < -0.4 is 10.9 Å². The maximum atomic E-state index is 12.2.